The number of piperidine rings is 1. The third kappa shape index (κ3) is 4.04. The summed E-state index contributed by atoms with van der Waals surface area (Å²) >= 11 is 0. The molecule has 0 aromatic carbocycles. The van der Waals surface area contributed by atoms with Gasteiger partial charge in [0.2, 0.25) is 0 Å². The molecule has 6 nitrogen and oxygen atoms in total. The molecule has 21 heavy (non-hydrogen) atoms. The lowest BCUT2D eigenvalue weighted by molar-refractivity contribution is 0.189. The van der Waals surface area contributed by atoms with E-state index in [2.05, 4.69) is 15.7 Å². The Balaban J connectivity index is 1.94. The summed E-state index contributed by atoms with van der Waals surface area (Å²) in [5, 5.41) is 10.2. The first-order valence-corrected chi connectivity index (χ1v) is 7.14. The normalized spacial score (nSPS) is 16.8. The Morgan fingerprint density at radius 1 is 1.62 bits per heavy atom. The van der Waals surface area contributed by atoms with Crippen LogP contribution in [0.3, 0.4) is 0 Å². The summed E-state index contributed by atoms with van der Waals surface area (Å²) in [4.78, 5) is 13.9. The number of rotatable bonds is 4. The summed E-state index contributed by atoms with van der Waals surface area (Å²) in [7, 11) is 1.81. The summed E-state index contributed by atoms with van der Waals surface area (Å²) in [6.45, 7) is 3.10. The Morgan fingerprint density at radius 2 is 2.33 bits per heavy atom. The van der Waals surface area contributed by atoms with Crippen LogP contribution in [0.1, 0.15) is 19.8 Å². The molecule has 2 rings (SSSR count). The Hall–Kier alpha value is -1.89. The molecule has 0 spiro atoms. The first kappa shape index (κ1) is 15.5. The quantitative estimate of drug-likeness (QED) is 0.892. The highest BCUT2D eigenvalue weighted by Gasteiger charge is 2.22. The lowest BCUT2D eigenvalue weighted by Crippen LogP contribution is -2.45. The number of urea groups is 1. The zero-order valence-corrected chi connectivity index (χ0v) is 12.5. The van der Waals surface area contributed by atoms with Gasteiger partial charge in [0, 0.05) is 18.8 Å². The van der Waals surface area contributed by atoms with Gasteiger partial charge < -0.3 is 15.5 Å². The fourth-order valence-corrected chi connectivity index (χ4v) is 2.36. The maximum atomic E-state index is 12.3. The van der Waals surface area contributed by atoms with E-state index in [0.29, 0.717) is 11.4 Å². The van der Waals surface area contributed by atoms with Crippen molar-refractivity contribution in [3.8, 4) is 0 Å². The molecule has 0 aliphatic carbocycles. The fourth-order valence-electron chi connectivity index (χ4n) is 2.36. The second-order valence-electron chi connectivity index (χ2n) is 5.20. The number of nitrogens with one attached hydrogen (secondary N) is 2. The van der Waals surface area contributed by atoms with E-state index in [4.69, 9.17) is 0 Å². The Labute approximate surface area is 124 Å². The third-order valence-electron chi connectivity index (χ3n) is 3.74. The first-order chi connectivity index (χ1) is 10.1. The number of alkyl halides is 1. The number of aromatic nitrogens is 2. The van der Waals surface area contributed by atoms with Gasteiger partial charge in [0.1, 0.15) is 6.67 Å². The maximum Gasteiger partial charge on any atom is 0.321 e. The van der Waals surface area contributed by atoms with Crippen molar-refractivity contribution in [2.45, 2.75) is 25.8 Å². The minimum Gasteiger partial charge on any atom is -0.325 e. The maximum absolute atomic E-state index is 12.3. The number of hydrogen-bond acceptors (Lipinski definition) is 3. The van der Waals surface area contributed by atoms with Crippen molar-refractivity contribution >= 4 is 17.4 Å². The van der Waals surface area contributed by atoms with Crippen molar-refractivity contribution in [1.29, 1.82) is 0 Å². The summed E-state index contributed by atoms with van der Waals surface area (Å²) in [5.41, 5.74) is 1.29. The molecule has 2 heterocycles. The van der Waals surface area contributed by atoms with Crippen LogP contribution in [0.2, 0.25) is 0 Å². The van der Waals surface area contributed by atoms with Gasteiger partial charge in [-0.2, -0.15) is 5.10 Å². The van der Waals surface area contributed by atoms with E-state index in [9.17, 15) is 9.18 Å². The van der Waals surface area contributed by atoms with Crippen LogP contribution < -0.4 is 10.6 Å². The zero-order chi connectivity index (χ0) is 15.2. The van der Waals surface area contributed by atoms with E-state index in [0.717, 1.165) is 25.9 Å². The van der Waals surface area contributed by atoms with Crippen molar-refractivity contribution in [1.82, 2.24) is 20.0 Å². The van der Waals surface area contributed by atoms with Crippen LogP contribution in [0, 0.1) is 0 Å². The summed E-state index contributed by atoms with van der Waals surface area (Å²) in [6, 6.07) is 0.114. The topological polar surface area (TPSA) is 62.2 Å². The van der Waals surface area contributed by atoms with E-state index in [-0.39, 0.29) is 12.1 Å². The molecule has 1 aliphatic rings. The molecule has 0 radical (unpaired) electrons. The molecule has 0 unspecified atom stereocenters. The van der Waals surface area contributed by atoms with Crippen LogP contribution >= 0.6 is 0 Å². The highest BCUT2D eigenvalue weighted by atomic mass is 19.1. The number of amides is 2. The summed E-state index contributed by atoms with van der Waals surface area (Å²) in [6.07, 6.45) is 6.59. The number of nitrogens with zero attached hydrogens (tertiary/aromatic N) is 3. The standard InChI is InChI=1S/C14H22FN5O/c1-11(3-6-15)20-10-12(9-17-20)18-14(21)19(2)13-4-7-16-8-5-13/h3,9-10,13,16H,4-8H2,1-2H3,(H,18,21)/b11-3+. The van der Waals surface area contributed by atoms with Gasteiger partial charge in [0.05, 0.1) is 18.1 Å². The Morgan fingerprint density at radius 3 is 3.00 bits per heavy atom. The van der Waals surface area contributed by atoms with Crippen LogP contribution in [-0.4, -0.2) is 53.6 Å². The van der Waals surface area contributed by atoms with Crippen molar-refractivity contribution < 1.29 is 9.18 Å². The number of hydrogen-bond donors (Lipinski definition) is 2. The van der Waals surface area contributed by atoms with Gasteiger partial charge in [-0.1, -0.05) is 0 Å². The highest BCUT2D eigenvalue weighted by Crippen LogP contribution is 2.14. The fraction of sp³-hybridized carbons (Fsp3) is 0.571. The third-order valence-corrected chi connectivity index (χ3v) is 3.74. The molecule has 2 amide bonds. The predicted molar refractivity (Wildman–Crippen MR) is 80.8 cm³/mol. The first-order valence-electron chi connectivity index (χ1n) is 7.14. The Kier molecular flexibility index (Phi) is 5.32. The molecule has 2 N–H and O–H groups in total. The minimum atomic E-state index is -0.536. The molecule has 1 fully saturated rings. The molecule has 7 heteroatoms. The van der Waals surface area contributed by atoms with Gasteiger partial charge >= 0.3 is 6.03 Å². The minimum absolute atomic E-state index is 0.145. The van der Waals surface area contributed by atoms with Gasteiger partial charge in [-0.3, -0.25) is 0 Å². The van der Waals surface area contributed by atoms with Gasteiger partial charge in [0.25, 0.3) is 0 Å². The van der Waals surface area contributed by atoms with Gasteiger partial charge in [-0.15, -0.1) is 0 Å². The molecule has 0 bridgehead atoms. The lowest BCUT2D eigenvalue weighted by Gasteiger charge is -2.31. The van der Waals surface area contributed by atoms with E-state index in [1.807, 2.05) is 7.05 Å². The largest absolute Gasteiger partial charge is 0.325 e. The number of allylic oxidation sites excluding steroid dienone is 2. The van der Waals surface area contributed by atoms with Crippen LogP contribution in [0.5, 0.6) is 0 Å². The van der Waals surface area contributed by atoms with Crippen molar-refractivity contribution in [2.75, 3.05) is 32.1 Å². The number of halogens is 1. The second kappa shape index (κ2) is 7.21. The smallest absolute Gasteiger partial charge is 0.321 e. The predicted octanol–water partition coefficient (Wildman–Crippen LogP) is 1.93. The van der Waals surface area contributed by atoms with Crippen molar-refractivity contribution in [3.63, 3.8) is 0 Å². The van der Waals surface area contributed by atoms with Crippen molar-refractivity contribution in [2.24, 2.45) is 0 Å². The van der Waals surface area contributed by atoms with Crippen LogP contribution in [0.15, 0.2) is 18.5 Å². The van der Waals surface area contributed by atoms with E-state index >= 15 is 0 Å². The molecule has 1 saturated heterocycles. The molecule has 1 aromatic rings. The summed E-state index contributed by atoms with van der Waals surface area (Å²) in [5.74, 6) is 0. The Bertz CT molecular complexity index is 507. The lowest BCUT2D eigenvalue weighted by atomic mass is 10.1. The van der Waals surface area contributed by atoms with Gasteiger partial charge in [-0.05, 0) is 38.9 Å². The van der Waals surface area contributed by atoms with Crippen LogP contribution in [0.25, 0.3) is 5.70 Å². The number of carbonyl (C=O) groups is 1. The molecule has 0 atom stereocenters. The van der Waals surface area contributed by atoms with E-state index in [1.165, 1.54) is 6.08 Å². The monoisotopic (exact) mass is 295 g/mol. The average Bonchev–Trinajstić information content (AvgIpc) is 2.96. The highest BCUT2D eigenvalue weighted by molar-refractivity contribution is 5.89. The van der Waals surface area contributed by atoms with Crippen molar-refractivity contribution in [3.05, 3.63) is 18.5 Å². The van der Waals surface area contributed by atoms with Crippen LogP contribution in [-0.2, 0) is 0 Å². The second-order valence-corrected chi connectivity index (χ2v) is 5.20. The van der Waals surface area contributed by atoms with Gasteiger partial charge in [0.15, 0.2) is 0 Å². The molecule has 1 aliphatic heterocycles. The van der Waals surface area contributed by atoms with Gasteiger partial charge in [-0.25, -0.2) is 13.9 Å². The SMILES string of the molecule is C/C(=C\CF)n1cc(NC(=O)N(C)C2CCNCC2)cn1. The average molecular weight is 295 g/mol. The molecular formula is C14H22FN5O. The molecule has 116 valence electrons. The van der Waals surface area contributed by atoms with E-state index in [1.54, 1.807) is 28.9 Å². The zero-order valence-electron chi connectivity index (χ0n) is 12.5. The van der Waals surface area contributed by atoms with Crippen LogP contribution in [0.4, 0.5) is 14.9 Å². The molecular weight excluding hydrogens is 273 g/mol. The number of carbonyl (C=O) groups excluding carboxylic acids is 1. The molecule has 1 aromatic heterocycles. The summed E-state index contributed by atoms with van der Waals surface area (Å²) < 4.78 is 13.8. The van der Waals surface area contributed by atoms with E-state index < -0.39 is 6.67 Å². The molecule has 0 saturated carbocycles. The number of anilines is 1.